The molecule has 3 amide bonds. The van der Waals surface area contributed by atoms with Crippen molar-refractivity contribution < 1.29 is 32.1 Å². The van der Waals surface area contributed by atoms with E-state index < -0.39 is 45.1 Å². The van der Waals surface area contributed by atoms with E-state index in [9.17, 15) is 27.9 Å². The summed E-state index contributed by atoms with van der Waals surface area (Å²) in [6.45, 7) is 5.01. The molecule has 2 heterocycles. The molecule has 1 N–H and O–H groups in total. The molecule has 0 bridgehead atoms. The molecule has 0 saturated carbocycles. The quantitative estimate of drug-likeness (QED) is 0.578. The fourth-order valence-electron chi connectivity index (χ4n) is 4.25. The maximum atomic E-state index is 12.9. The molecule has 0 aliphatic carbocycles. The Morgan fingerprint density at radius 2 is 1.72 bits per heavy atom. The van der Waals surface area contributed by atoms with Gasteiger partial charge in [0.2, 0.25) is 0 Å². The van der Waals surface area contributed by atoms with Gasteiger partial charge in [0.15, 0.2) is 0 Å². The van der Waals surface area contributed by atoms with Crippen LogP contribution >= 0.6 is 0 Å². The van der Waals surface area contributed by atoms with E-state index in [0.29, 0.717) is 0 Å². The molecule has 1 aromatic rings. The summed E-state index contributed by atoms with van der Waals surface area (Å²) in [5.41, 5.74) is -1.41. The summed E-state index contributed by atoms with van der Waals surface area (Å²) in [7, 11) is -3.81. The second-order valence-corrected chi connectivity index (χ2v) is 10.1. The van der Waals surface area contributed by atoms with Gasteiger partial charge >= 0.3 is 6.09 Å². The number of nitrogens with zero attached hydrogens (tertiary/aromatic N) is 2. The number of rotatable bonds is 4. The van der Waals surface area contributed by atoms with Gasteiger partial charge in [-0.3, -0.25) is 23.6 Å². The van der Waals surface area contributed by atoms with Gasteiger partial charge in [-0.1, -0.05) is 32.9 Å². The third-order valence-electron chi connectivity index (χ3n) is 5.70. The number of amides is 3. The van der Waals surface area contributed by atoms with Gasteiger partial charge in [0.1, 0.15) is 0 Å². The zero-order chi connectivity index (χ0) is 21.8. The van der Waals surface area contributed by atoms with Gasteiger partial charge in [0.05, 0.1) is 42.1 Å². The number of carbonyl (C=O) groups excluding carboxylic acids is 2. The maximum Gasteiger partial charge on any atom is 0.407 e. The Labute approximate surface area is 169 Å². The molecule has 29 heavy (non-hydrogen) atoms. The lowest BCUT2D eigenvalue weighted by Crippen LogP contribution is -2.61. The minimum absolute atomic E-state index is 0.0310. The van der Waals surface area contributed by atoms with E-state index in [1.54, 1.807) is 45.0 Å². The highest BCUT2D eigenvalue weighted by atomic mass is 32.2. The summed E-state index contributed by atoms with van der Waals surface area (Å²) in [4.78, 5) is 39.9. The first kappa shape index (κ1) is 21.3. The van der Waals surface area contributed by atoms with Crippen LogP contribution in [0.15, 0.2) is 24.3 Å². The Balaban J connectivity index is 2.03. The van der Waals surface area contributed by atoms with Crippen molar-refractivity contribution in [2.45, 2.75) is 38.8 Å². The van der Waals surface area contributed by atoms with Crippen LogP contribution in [0, 0.1) is 5.41 Å². The van der Waals surface area contributed by atoms with Crippen LogP contribution < -0.4 is 0 Å². The minimum Gasteiger partial charge on any atom is -0.465 e. The number of fused-ring (bicyclic) bond motifs is 1. The average Bonchev–Trinajstić information content (AvgIpc) is 3.06. The van der Waals surface area contributed by atoms with Crippen molar-refractivity contribution >= 4 is 28.0 Å². The maximum absolute atomic E-state index is 12.9. The van der Waals surface area contributed by atoms with Gasteiger partial charge in [-0.2, -0.15) is 8.42 Å². The summed E-state index contributed by atoms with van der Waals surface area (Å²) in [5.74, 6) is -0.987. The summed E-state index contributed by atoms with van der Waals surface area (Å²) >= 11 is 0. The molecule has 3 rings (SSSR count). The Hall–Kier alpha value is -2.46. The monoisotopic (exact) mass is 424 g/mol. The molecule has 2 aliphatic heterocycles. The molecule has 1 saturated heterocycles. The summed E-state index contributed by atoms with van der Waals surface area (Å²) < 4.78 is 28.3. The molecule has 0 unspecified atom stereocenters. The van der Waals surface area contributed by atoms with Crippen molar-refractivity contribution in [2.75, 3.05) is 19.3 Å². The van der Waals surface area contributed by atoms with E-state index >= 15 is 0 Å². The van der Waals surface area contributed by atoms with Gasteiger partial charge in [-0.25, -0.2) is 4.79 Å². The van der Waals surface area contributed by atoms with E-state index in [1.165, 1.54) is 0 Å². The predicted octanol–water partition coefficient (Wildman–Crippen LogP) is 1.80. The van der Waals surface area contributed by atoms with E-state index in [-0.39, 0.29) is 30.6 Å². The first-order valence-corrected chi connectivity index (χ1v) is 10.9. The van der Waals surface area contributed by atoms with Gasteiger partial charge in [-0.05, 0) is 17.5 Å². The van der Waals surface area contributed by atoms with Crippen molar-refractivity contribution in [3.05, 3.63) is 35.4 Å². The number of benzene rings is 1. The van der Waals surface area contributed by atoms with Crippen LogP contribution in [0.5, 0.6) is 0 Å². The van der Waals surface area contributed by atoms with Crippen LogP contribution in [0.1, 0.15) is 47.9 Å². The topological polar surface area (TPSA) is 121 Å². The van der Waals surface area contributed by atoms with Crippen molar-refractivity contribution in [3.63, 3.8) is 0 Å². The van der Waals surface area contributed by atoms with Gasteiger partial charge < -0.3 is 5.11 Å². The molecule has 2 atom stereocenters. The third-order valence-corrected chi connectivity index (χ3v) is 6.33. The predicted molar refractivity (Wildman–Crippen MR) is 103 cm³/mol. The smallest absolute Gasteiger partial charge is 0.407 e. The van der Waals surface area contributed by atoms with E-state index in [1.807, 2.05) is 0 Å². The molecule has 9 nitrogen and oxygen atoms in total. The van der Waals surface area contributed by atoms with Gasteiger partial charge in [0, 0.05) is 6.42 Å². The van der Waals surface area contributed by atoms with E-state index in [4.69, 9.17) is 4.18 Å². The van der Waals surface area contributed by atoms with E-state index in [2.05, 4.69) is 0 Å². The fraction of sp³-hybridized carbons (Fsp3) is 0.526. The normalized spacial score (nSPS) is 24.9. The summed E-state index contributed by atoms with van der Waals surface area (Å²) in [6.07, 6.45) is -1.24. The average molecular weight is 424 g/mol. The number of carbonyl (C=O) groups is 3. The van der Waals surface area contributed by atoms with Crippen molar-refractivity contribution in [1.29, 1.82) is 0 Å². The van der Waals surface area contributed by atoms with Crippen LogP contribution in [0.2, 0.25) is 0 Å². The van der Waals surface area contributed by atoms with Crippen LogP contribution in [0.4, 0.5) is 4.79 Å². The molecule has 1 aromatic carbocycles. The fourth-order valence-corrected chi connectivity index (χ4v) is 4.87. The standard InChI is InChI=1S/C19H24N2O7S/c1-18(2,3)19(9-12(28-29(4,26)27)10-21(19)17(24)25)11-20-15(22)13-7-5-6-8-14(13)16(20)23/h5-8,12H,9-11H2,1-4H3,(H,24,25)/t12-,19-/m0/s1. The van der Waals surface area contributed by atoms with E-state index in [0.717, 1.165) is 16.1 Å². The first-order valence-electron chi connectivity index (χ1n) is 9.11. The van der Waals surface area contributed by atoms with Crippen LogP contribution in [-0.2, 0) is 14.3 Å². The van der Waals surface area contributed by atoms with Crippen LogP contribution in [0.3, 0.4) is 0 Å². The zero-order valence-electron chi connectivity index (χ0n) is 16.7. The summed E-state index contributed by atoms with van der Waals surface area (Å²) in [6, 6.07) is 6.42. The number of likely N-dealkylation sites (tertiary alicyclic amines) is 1. The van der Waals surface area contributed by atoms with Gasteiger partial charge in [0.25, 0.3) is 21.9 Å². The zero-order valence-corrected chi connectivity index (χ0v) is 17.5. The highest BCUT2D eigenvalue weighted by Gasteiger charge is 2.58. The summed E-state index contributed by atoms with van der Waals surface area (Å²) in [5, 5.41) is 9.84. The first-order chi connectivity index (χ1) is 13.3. The largest absolute Gasteiger partial charge is 0.465 e. The lowest BCUT2D eigenvalue weighted by Gasteiger charge is -2.48. The highest BCUT2D eigenvalue weighted by molar-refractivity contribution is 7.86. The molecular weight excluding hydrogens is 400 g/mol. The molecule has 0 spiro atoms. The van der Waals surface area contributed by atoms with Crippen LogP contribution in [0.25, 0.3) is 0 Å². The SMILES string of the molecule is CC(C)(C)[C@@]1(CN2C(=O)c3ccccc3C2=O)C[C@H](OS(C)(=O)=O)CN1C(=O)O. The Kier molecular flexibility index (Phi) is 4.99. The molecular formula is C19H24N2O7S. The van der Waals surface area contributed by atoms with Gasteiger partial charge in [-0.15, -0.1) is 0 Å². The lowest BCUT2D eigenvalue weighted by atomic mass is 9.71. The molecule has 1 fully saturated rings. The number of hydrogen-bond donors (Lipinski definition) is 1. The Morgan fingerprint density at radius 3 is 2.14 bits per heavy atom. The van der Waals surface area contributed by atoms with Crippen molar-refractivity contribution in [3.8, 4) is 0 Å². The third kappa shape index (κ3) is 3.62. The molecule has 158 valence electrons. The lowest BCUT2D eigenvalue weighted by molar-refractivity contribution is 0.00627. The number of carboxylic acid groups (broad SMARTS) is 1. The Bertz CT molecular complexity index is 948. The van der Waals surface area contributed by atoms with Crippen molar-refractivity contribution in [2.24, 2.45) is 5.41 Å². The second-order valence-electron chi connectivity index (χ2n) is 8.54. The van der Waals surface area contributed by atoms with Crippen LogP contribution in [-0.4, -0.2) is 72.2 Å². The highest BCUT2D eigenvalue weighted by Crippen LogP contribution is 2.46. The molecule has 0 radical (unpaired) electrons. The number of hydrogen-bond acceptors (Lipinski definition) is 6. The molecule has 0 aromatic heterocycles. The van der Waals surface area contributed by atoms with Crippen molar-refractivity contribution in [1.82, 2.24) is 9.80 Å². The molecule has 10 heteroatoms. The molecule has 2 aliphatic rings. The second kappa shape index (κ2) is 6.81. The minimum atomic E-state index is -3.81. The number of imide groups is 1. The Morgan fingerprint density at radius 1 is 1.21 bits per heavy atom.